The first-order valence-corrected chi connectivity index (χ1v) is 0.651. The molecule has 0 aliphatic rings. The minimum Gasteiger partial charge on any atom is -1.00 e. The van der Waals surface area contributed by atoms with E-state index in [0.29, 0.717) is 0 Å². The summed E-state index contributed by atoms with van der Waals surface area (Å²) >= 11 is 0. The molecule has 6 heteroatoms. The third-order valence-corrected chi connectivity index (χ3v) is 0. The first-order chi connectivity index (χ1) is 1.73. The fraction of sp³-hybridized carbons (Fsp3) is 0. The van der Waals surface area contributed by atoms with Crippen molar-refractivity contribution >= 4 is 6.16 Å². The second-order valence-corrected chi connectivity index (χ2v) is 0.283. The van der Waals surface area contributed by atoms with Crippen molar-refractivity contribution < 1.29 is 109 Å². The van der Waals surface area contributed by atoms with E-state index in [1.165, 1.54) is 0 Å². The van der Waals surface area contributed by atoms with E-state index in [2.05, 4.69) is 0 Å². The van der Waals surface area contributed by atoms with Gasteiger partial charge in [-0.25, -0.2) is 4.79 Å². The molecule has 30 valence electrons. The zero-order valence-electron chi connectivity index (χ0n) is 8.80. The van der Waals surface area contributed by atoms with E-state index in [1.54, 1.807) is 0 Å². The molecule has 0 aliphatic carbocycles. The van der Waals surface area contributed by atoms with Crippen LogP contribution in [0, 0.1) is 0 Å². The molecule has 2 N–H and O–H groups in total. The molecule has 0 aliphatic heterocycles. The molecule has 0 heterocycles. The Morgan fingerprint density at radius 2 is 1.29 bits per heavy atom. The van der Waals surface area contributed by atoms with E-state index in [0.717, 1.165) is 0 Å². The third kappa shape index (κ3) is 63.1. The summed E-state index contributed by atoms with van der Waals surface area (Å²) in [6.07, 6.45) is -1.83. The first kappa shape index (κ1) is 22.8. The van der Waals surface area contributed by atoms with E-state index in [-0.39, 0.29) is 94.4 Å². The zero-order chi connectivity index (χ0) is 3.58. The van der Waals surface area contributed by atoms with Crippen LogP contribution in [0.25, 0.3) is 0 Å². The van der Waals surface area contributed by atoms with E-state index in [1.807, 2.05) is 0 Å². The van der Waals surface area contributed by atoms with Gasteiger partial charge in [-0.15, -0.1) is 0 Å². The summed E-state index contributed by atoms with van der Waals surface area (Å²) < 4.78 is 0. The second-order valence-electron chi connectivity index (χ2n) is 0.283. The molecule has 0 saturated heterocycles. The summed E-state index contributed by atoms with van der Waals surface area (Å²) in [5.41, 5.74) is 0. The molecule has 3 nitrogen and oxygen atoms in total. The topological polar surface area (TPSA) is 57.5 Å². The molecular weight excluding hydrogens is 129 g/mol. The second kappa shape index (κ2) is 15.7. The zero-order valence-corrected chi connectivity index (χ0v) is 10.8. The van der Waals surface area contributed by atoms with Crippen LogP contribution in [0.2, 0.25) is 0 Å². The van der Waals surface area contributed by atoms with Crippen LogP contribution >= 0.6 is 0 Å². The average molecular weight is 135 g/mol. The normalized spacial score (nSPS) is 3.43. The van der Waals surface area contributed by atoms with Crippen LogP contribution in [-0.4, -0.2) is 16.4 Å². The van der Waals surface area contributed by atoms with E-state index in [9.17, 15) is 0 Å². The van der Waals surface area contributed by atoms with Gasteiger partial charge >= 0.3 is 96.3 Å². The molecule has 0 bridgehead atoms. The molecule has 0 amide bonds. The smallest absolute Gasteiger partial charge is 1.00 e. The summed E-state index contributed by atoms with van der Waals surface area (Å²) in [7, 11) is 0. The SMILES string of the molecule is O=C(O)O.[H+].[H-].[H-].[H-].[Na+].[Na+].[Na+]. The van der Waals surface area contributed by atoms with Gasteiger partial charge in [0.05, 0.1) is 0 Å². The van der Waals surface area contributed by atoms with Crippen LogP contribution in [0.1, 0.15) is 5.71 Å². The number of hydrogen-bond acceptors (Lipinski definition) is 1. The minimum absolute atomic E-state index is 0. The van der Waals surface area contributed by atoms with Gasteiger partial charge < -0.3 is 14.5 Å². The molecule has 0 fully saturated rings. The van der Waals surface area contributed by atoms with Gasteiger partial charge in [0.25, 0.3) is 0 Å². The maximum atomic E-state index is 8.56. The van der Waals surface area contributed by atoms with Crippen LogP contribution < -0.4 is 88.7 Å². The summed E-state index contributed by atoms with van der Waals surface area (Å²) in [4.78, 5) is 8.56. The Morgan fingerprint density at radius 3 is 1.29 bits per heavy atom. The van der Waals surface area contributed by atoms with E-state index < -0.39 is 6.16 Å². The van der Waals surface area contributed by atoms with Crippen molar-refractivity contribution in [3.05, 3.63) is 0 Å². The molecule has 0 atom stereocenters. The van der Waals surface area contributed by atoms with Gasteiger partial charge in [0, 0.05) is 0 Å². The first-order valence-electron chi connectivity index (χ1n) is 0.651. The van der Waals surface area contributed by atoms with Crippen molar-refractivity contribution in [3.8, 4) is 0 Å². The Morgan fingerprint density at radius 1 is 1.29 bits per heavy atom. The molecule has 0 saturated carbocycles. The van der Waals surface area contributed by atoms with Crippen molar-refractivity contribution in [1.29, 1.82) is 0 Å². The molecule has 0 radical (unpaired) electrons. The predicted octanol–water partition coefficient (Wildman–Crippen LogP) is -8.32. The Hall–Kier alpha value is 2.27. The van der Waals surface area contributed by atoms with Crippen LogP contribution in [0.5, 0.6) is 0 Å². The van der Waals surface area contributed by atoms with Crippen molar-refractivity contribution in [2.24, 2.45) is 0 Å². The molecule has 0 aromatic rings. The molecule has 0 rings (SSSR count). The van der Waals surface area contributed by atoms with Crippen LogP contribution in [-0.2, 0) is 0 Å². The molecule has 0 aromatic heterocycles. The van der Waals surface area contributed by atoms with Gasteiger partial charge in [0.2, 0.25) is 0 Å². The fourth-order valence-corrected chi connectivity index (χ4v) is 0. The van der Waals surface area contributed by atoms with Crippen molar-refractivity contribution in [3.63, 3.8) is 0 Å². The quantitative estimate of drug-likeness (QED) is 0.324. The molecule has 7 heavy (non-hydrogen) atoms. The number of carboxylic acid groups (broad SMARTS) is 2. The largest absolute Gasteiger partial charge is 1.00 e. The Labute approximate surface area is 114 Å². The van der Waals surface area contributed by atoms with E-state index in [4.69, 9.17) is 15.0 Å². The summed E-state index contributed by atoms with van der Waals surface area (Å²) in [6, 6.07) is 0. The van der Waals surface area contributed by atoms with E-state index >= 15 is 0 Å². The maximum absolute atomic E-state index is 8.56. The Kier molecular flexibility index (Phi) is 51.3. The average Bonchev–Trinajstić information content (AvgIpc) is 0.811. The third-order valence-electron chi connectivity index (χ3n) is 0. The minimum atomic E-state index is -1.83. The van der Waals surface area contributed by atoms with Crippen LogP contribution in [0.15, 0.2) is 0 Å². The maximum Gasteiger partial charge on any atom is 1.00 e. The van der Waals surface area contributed by atoms with Gasteiger partial charge in [-0.2, -0.15) is 0 Å². The van der Waals surface area contributed by atoms with Gasteiger partial charge in [0.1, 0.15) is 0 Å². The number of hydrogen-bond donors (Lipinski definition) is 2. The van der Waals surface area contributed by atoms with Crippen molar-refractivity contribution in [2.45, 2.75) is 0 Å². The Balaban J connectivity index is -0.00000000214. The molecule has 0 spiro atoms. The number of rotatable bonds is 0. The standard InChI is InChI=1S/CH2O3.3Na.3H/c2-1(3)4;;;;;;/h(H2,2,3,4);;;;;;/q;3*+1;3*-1/p+1. The summed E-state index contributed by atoms with van der Waals surface area (Å²) in [6.45, 7) is 0. The van der Waals surface area contributed by atoms with Crippen molar-refractivity contribution in [2.75, 3.05) is 0 Å². The predicted molar refractivity (Wildman–Crippen MR) is 15.1 cm³/mol. The molecule has 0 unspecified atom stereocenters. The summed E-state index contributed by atoms with van der Waals surface area (Å²) in [5, 5.41) is 13.9. The number of carbonyl (C=O) groups is 1. The van der Waals surface area contributed by atoms with Crippen LogP contribution in [0.3, 0.4) is 0 Å². The van der Waals surface area contributed by atoms with Gasteiger partial charge in [-0.3, -0.25) is 0 Å². The van der Waals surface area contributed by atoms with Gasteiger partial charge in [0.15, 0.2) is 0 Å². The van der Waals surface area contributed by atoms with Crippen molar-refractivity contribution in [1.82, 2.24) is 0 Å². The monoisotopic (exact) mass is 135 g/mol. The van der Waals surface area contributed by atoms with Gasteiger partial charge in [-0.05, 0) is 0 Å². The Bertz CT molecular complexity index is 43.6. The summed E-state index contributed by atoms with van der Waals surface area (Å²) in [5.74, 6) is 0. The molecule has 0 aromatic carbocycles. The van der Waals surface area contributed by atoms with Crippen LogP contribution in [0.4, 0.5) is 4.79 Å². The van der Waals surface area contributed by atoms with Gasteiger partial charge in [-0.1, -0.05) is 0 Å². The molecular formula is CH6Na3O3+. The fourth-order valence-electron chi connectivity index (χ4n) is 0.